The van der Waals surface area contributed by atoms with Crippen molar-refractivity contribution in [3.05, 3.63) is 68.3 Å². The molecule has 0 atom stereocenters. The number of non-ortho nitro benzene ring substituents is 1. The van der Waals surface area contributed by atoms with Crippen LogP contribution in [0.5, 0.6) is 0 Å². The Balaban J connectivity index is 1.82. The number of sulfonamides is 1. The molecule has 1 saturated heterocycles. The van der Waals surface area contributed by atoms with Crippen molar-refractivity contribution >= 4 is 33.0 Å². The fourth-order valence-electron chi connectivity index (χ4n) is 3.47. The number of nitro benzene ring substituents is 2. The molecule has 0 aliphatic carbocycles. The highest BCUT2D eigenvalue weighted by Crippen LogP contribution is 2.29. The van der Waals surface area contributed by atoms with Crippen molar-refractivity contribution in [1.29, 1.82) is 0 Å². The van der Waals surface area contributed by atoms with E-state index in [4.69, 9.17) is 0 Å². The van der Waals surface area contributed by atoms with Gasteiger partial charge in [-0.05, 0) is 12.1 Å². The Morgan fingerprint density at radius 3 is 2.16 bits per heavy atom. The average Bonchev–Trinajstić information content (AvgIpc) is 2.78. The Hall–Kier alpha value is -3.58. The van der Waals surface area contributed by atoms with Gasteiger partial charge in [0.2, 0.25) is 10.0 Å². The Bertz CT molecular complexity index is 1170. The third-order valence-corrected chi connectivity index (χ3v) is 7.05. The first-order valence-electron chi connectivity index (χ1n) is 9.52. The van der Waals surface area contributed by atoms with E-state index >= 15 is 0 Å². The van der Waals surface area contributed by atoms with Gasteiger partial charge in [-0.1, -0.05) is 12.1 Å². The quantitative estimate of drug-likeness (QED) is 0.465. The number of benzene rings is 2. The van der Waals surface area contributed by atoms with Gasteiger partial charge in [0.1, 0.15) is 0 Å². The van der Waals surface area contributed by atoms with Gasteiger partial charge in [-0.3, -0.25) is 25.0 Å². The molecule has 1 fully saturated rings. The molecule has 1 aliphatic heterocycles. The first kappa shape index (κ1) is 23.1. The molecular formula is C19H21N5O7S. The van der Waals surface area contributed by atoms with Crippen LogP contribution in [-0.2, 0) is 10.0 Å². The smallest absolute Gasteiger partial charge is 0.289 e. The van der Waals surface area contributed by atoms with E-state index in [1.54, 1.807) is 19.0 Å². The molecule has 1 aliphatic rings. The maximum absolute atomic E-state index is 13.1. The molecule has 170 valence electrons. The topological polar surface area (TPSA) is 147 Å². The molecular weight excluding hydrogens is 442 g/mol. The third-order valence-electron chi connectivity index (χ3n) is 5.11. The van der Waals surface area contributed by atoms with E-state index in [0.29, 0.717) is 5.69 Å². The van der Waals surface area contributed by atoms with Crippen LogP contribution in [0.25, 0.3) is 0 Å². The van der Waals surface area contributed by atoms with Gasteiger partial charge in [0, 0.05) is 64.2 Å². The lowest BCUT2D eigenvalue weighted by Crippen LogP contribution is -2.50. The van der Waals surface area contributed by atoms with Crippen LogP contribution in [-0.4, -0.2) is 73.7 Å². The molecule has 1 heterocycles. The fourth-order valence-corrected chi connectivity index (χ4v) is 5.05. The predicted molar refractivity (Wildman–Crippen MR) is 115 cm³/mol. The average molecular weight is 463 g/mol. The van der Waals surface area contributed by atoms with Crippen LogP contribution in [0.15, 0.2) is 47.4 Å². The van der Waals surface area contributed by atoms with Crippen molar-refractivity contribution in [1.82, 2.24) is 9.21 Å². The Morgan fingerprint density at radius 1 is 0.969 bits per heavy atom. The number of para-hydroxylation sites is 1. The lowest BCUT2D eigenvalue weighted by molar-refractivity contribution is -0.387. The minimum absolute atomic E-state index is 0.0360. The summed E-state index contributed by atoms with van der Waals surface area (Å²) >= 11 is 0. The lowest BCUT2D eigenvalue weighted by Gasteiger charge is -2.34. The molecule has 0 N–H and O–H groups in total. The van der Waals surface area contributed by atoms with Crippen molar-refractivity contribution in [3.8, 4) is 0 Å². The van der Waals surface area contributed by atoms with E-state index in [2.05, 4.69) is 0 Å². The number of nitro groups is 2. The lowest BCUT2D eigenvalue weighted by atomic mass is 10.1. The normalized spacial score (nSPS) is 14.8. The number of anilines is 1. The van der Waals surface area contributed by atoms with Crippen molar-refractivity contribution in [2.24, 2.45) is 0 Å². The number of amides is 1. The highest BCUT2D eigenvalue weighted by molar-refractivity contribution is 7.89. The molecule has 0 saturated carbocycles. The van der Waals surface area contributed by atoms with Crippen LogP contribution >= 0.6 is 0 Å². The van der Waals surface area contributed by atoms with Gasteiger partial charge in [0.15, 0.2) is 4.90 Å². The minimum atomic E-state index is -4.13. The first-order valence-corrected chi connectivity index (χ1v) is 11.0. The van der Waals surface area contributed by atoms with Crippen LogP contribution in [0.2, 0.25) is 0 Å². The Morgan fingerprint density at radius 2 is 1.59 bits per heavy atom. The van der Waals surface area contributed by atoms with E-state index in [1.165, 1.54) is 41.3 Å². The number of carbonyl (C=O) groups excluding carboxylic acids is 1. The van der Waals surface area contributed by atoms with Gasteiger partial charge in [-0.25, -0.2) is 8.42 Å². The summed E-state index contributed by atoms with van der Waals surface area (Å²) in [6, 6.07) is 9.09. The van der Waals surface area contributed by atoms with Gasteiger partial charge in [0.05, 0.1) is 15.4 Å². The molecule has 0 spiro atoms. The summed E-state index contributed by atoms with van der Waals surface area (Å²) in [4.78, 5) is 36.8. The molecule has 3 rings (SSSR count). The summed E-state index contributed by atoms with van der Waals surface area (Å²) in [5.74, 6) is -0.458. The molecule has 32 heavy (non-hydrogen) atoms. The van der Waals surface area contributed by atoms with Crippen LogP contribution in [0.4, 0.5) is 17.1 Å². The molecule has 12 nitrogen and oxygen atoms in total. The summed E-state index contributed by atoms with van der Waals surface area (Å²) in [6.45, 7) is -0.0544. The number of carbonyl (C=O) groups is 1. The summed E-state index contributed by atoms with van der Waals surface area (Å²) in [7, 11) is -0.728. The zero-order valence-corrected chi connectivity index (χ0v) is 18.2. The molecule has 1 amide bonds. The number of nitrogens with zero attached hydrogens (tertiary/aromatic N) is 5. The van der Waals surface area contributed by atoms with Crippen LogP contribution in [0.3, 0.4) is 0 Å². The maximum Gasteiger partial charge on any atom is 0.289 e. The molecule has 13 heteroatoms. The van der Waals surface area contributed by atoms with Crippen molar-refractivity contribution < 1.29 is 23.1 Å². The molecule has 0 bridgehead atoms. The molecule has 2 aromatic carbocycles. The van der Waals surface area contributed by atoms with Gasteiger partial charge >= 0.3 is 0 Å². The largest absolute Gasteiger partial charge is 0.377 e. The zero-order chi connectivity index (χ0) is 23.6. The first-order chi connectivity index (χ1) is 15.0. The predicted octanol–water partition coefficient (Wildman–Crippen LogP) is 1.72. The van der Waals surface area contributed by atoms with E-state index in [9.17, 15) is 33.4 Å². The van der Waals surface area contributed by atoms with Crippen molar-refractivity contribution in [2.75, 3.05) is 45.2 Å². The minimum Gasteiger partial charge on any atom is -0.377 e. The van der Waals surface area contributed by atoms with E-state index in [-0.39, 0.29) is 37.4 Å². The second-order valence-electron chi connectivity index (χ2n) is 7.27. The standard InChI is InChI=1S/C19H21N5O7S/c1-20(2)16-8-7-14(23(26)27)13-15(16)19(25)21-9-11-22(12-10-21)32(30,31)18-6-4-3-5-17(18)24(28)29/h3-8,13H,9-12H2,1-2H3. The Kier molecular flexibility index (Phi) is 6.41. The second kappa shape index (κ2) is 8.88. The highest BCUT2D eigenvalue weighted by Gasteiger charge is 2.35. The fraction of sp³-hybridized carbons (Fsp3) is 0.316. The molecule has 0 unspecified atom stereocenters. The SMILES string of the molecule is CN(C)c1ccc([N+](=O)[O-])cc1C(=O)N1CCN(S(=O)(=O)c2ccccc2[N+](=O)[O-])CC1. The molecule has 2 aromatic rings. The maximum atomic E-state index is 13.1. The van der Waals surface area contributed by atoms with Gasteiger partial charge in [0.25, 0.3) is 17.3 Å². The number of rotatable bonds is 6. The van der Waals surface area contributed by atoms with Gasteiger partial charge in [-0.15, -0.1) is 0 Å². The van der Waals surface area contributed by atoms with Crippen molar-refractivity contribution in [3.63, 3.8) is 0 Å². The molecule has 0 aromatic heterocycles. The van der Waals surface area contributed by atoms with Gasteiger partial charge in [-0.2, -0.15) is 4.31 Å². The van der Waals surface area contributed by atoms with Crippen LogP contribution in [0, 0.1) is 20.2 Å². The number of piperazine rings is 1. The highest BCUT2D eigenvalue weighted by atomic mass is 32.2. The van der Waals surface area contributed by atoms with Crippen molar-refractivity contribution in [2.45, 2.75) is 4.90 Å². The number of hydrogen-bond acceptors (Lipinski definition) is 8. The summed E-state index contributed by atoms with van der Waals surface area (Å²) in [5.41, 5.74) is -0.107. The van der Waals surface area contributed by atoms with Gasteiger partial charge < -0.3 is 9.80 Å². The summed E-state index contributed by atoms with van der Waals surface area (Å²) < 4.78 is 27.0. The number of hydrogen-bond donors (Lipinski definition) is 0. The summed E-state index contributed by atoms with van der Waals surface area (Å²) in [5, 5.41) is 22.4. The van der Waals surface area contributed by atoms with Crippen LogP contribution < -0.4 is 4.90 Å². The Labute approximate surface area is 184 Å². The zero-order valence-electron chi connectivity index (χ0n) is 17.4. The van der Waals surface area contributed by atoms with Crippen LogP contribution in [0.1, 0.15) is 10.4 Å². The molecule has 0 radical (unpaired) electrons. The summed E-state index contributed by atoms with van der Waals surface area (Å²) in [6.07, 6.45) is 0. The monoisotopic (exact) mass is 463 g/mol. The van der Waals surface area contributed by atoms with E-state index < -0.39 is 36.4 Å². The van der Waals surface area contributed by atoms with E-state index in [1.807, 2.05) is 0 Å². The second-order valence-corrected chi connectivity index (χ2v) is 9.18. The third kappa shape index (κ3) is 4.38. The van der Waals surface area contributed by atoms with E-state index in [0.717, 1.165) is 10.4 Å².